The topological polar surface area (TPSA) is 57.5 Å². The molecule has 0 aliphatic heterocycles. The van der Waals surface area contributed by atoms with Crippen molar-refractivity contribution in [1.82, 2.24) is 0 Å². The van der Waals surface area contributed by atoms with Crippen LogP contribution in [0.15, 0.2) is 11.6 Å². The normalized spacial score (nSPS) is 47.9. The van der Waals surface area contributed by atoms with Crippen LogP contribution in [0.2, 0.25) is 0 Å². The third-order valence-corrected chi connectivity index (χ3v) is 8.92. The van der Waals surface area contributed by atoms with E-state index in [-0.39, 0.29) is 30.5 Å². The third-order valence-electron chi connectivity index (χ3n) is 8.92. The standard InChI is InChI=1S/C21H27F5O3/c1-17-7-5-12(27)9-11(17)3-4-13-14-6-8-19(29,20(22,23)21(24,25)26)18(14,2)10-15(28)16(13)17/h9,13-16,28-29H,3-8,10H2,1-2H3/t13-,14-,15?,16-,17-,18-,19?/m0/s1. The van der Waals surface area contributed by atoms with Gasteiger partial charge < -0.3 is 10.2 Å². The molecule has 29 heavy (non-hydrogen) atoms. The smallest absolute Gasteiger partial charge is 0.393 e. The predicted molar refractivity (Wildman–Crippen MR) is 94.1 cm³/mol. The van der Waals surface area contributed by atoms with Crippen LogP contribution in [0.5, 0.6) is 0 Å². The quantitative estimate of drug-likeness (QED) is 0.615. The number of aliphatic hydroxyl groups excluding tert-OH is 1. The molecule has 0 saturated heterocycles. The summed E-state index contributed by atoms with van der Waals surface area (Å²) in [5.41, 5.74) is -4.50. The third kappa shape index (κ3) is 2.51. The first-order chi connectivity index (χ1) is 13.2. The van der Waals surface area contributed by atoms with Gasteiger partial charge >= 0.3 is 12.1 Å². The fourth-order valence-corrected chi connectivity index (χ4v) is 7.44. The Hall–Kier alpha value is -1.02. The van der Waals surface area contributed by atoms with Crippen LogP contribution in [0.4, 0.5) is 22.0 Å². The summed E-state index contributed by atoms with van der Waals surface area (Å²) in [6.07, 6.45) is -4.26. The van der Waals surface area contributed by atoms with E-state index in [4.69, 9.17) is 0 Å². The Morgan fingerprint density at radius 3 is 2.34 bits per heavy atom. The zero-order valence-corrected chi connectivity index (χ0v) is 16.5. The number of allylic oxidation sites excluding steroid dienone is 1. The molecule has 7 atom stereocenters. The summed E-state index contributed by atoms with van der Waals surface area (Å²) >= 11 is 0. The number of aliphatic hydroxyl groups is 2. The van der Waals surface area contributed by atoms with Crippen molar-refractivity contribution in [3.63, 3.8) is 0 Å². The number of hydrogen-bond acceptors (Lipinski definition) is 3. The second kappa shape index (κ2) is 6.02. The van der Waals surface area contributed by atoms with E-state index in [0.29, 0.717) is 25.7 Å². The summed E-state index contributed by atoms with van der Waals surface area (Å²) in [6, 6.07) is 0. The molecule has 8 heteroatoms. The van der Waals surface area contributed by atoms with Crippen LogP contribution in [0.3, 0.4) is 0 Å². The average Bonchev–Trinajstić information content (AvgIpc) is 2.86. The molecule has 0 spiro atoms. The summed E-state index contributed by atoms with van der Waals surface area (Å²) in [6.45, 7) is 3.27. The van der Waals surface area contributed by atoms with Crippen LogP contribution >= 0.6 is 0 Å². The molecule has 4 aliphatic carbocycles. The zero-order chi connectivity index (χ0) is 21.6. The van der Waals surface area contributed by atoms with Crippen molar-refractivity contribution in [2.45, 2.75) is 82.6 Å². The second-order valence-corrected chi connectivity index (χ2v) is 10.0. The number of ketones is 1. The number of rotatable bonds is 1. The summed E-state index contributed by atoms with van der Waals surface area (Å²) < 4.78 is 68.5. The Kier molecular flexibility index (Phi) is 4.41. The first kappa shape index (κ1) is 21.2. The maximum Gasteiger partial charge on any atom is 0.456 e. The van der Waals surface area contributed by atoms with Gasteiger partial charge in [0.1, 0.15) is 5.60 Å². The lowest BCUT2D eigenvalue weighted by Crippen LogP contribution is -2.67. The van der Waals surface area contributed by atoms with Gasteiger partial charge in [0.25, 0.3) is 0 Å². The number of halogens is 5. The van der Waals surface area contributed by atoms with Gasteiger partial charge in [-0.25, -0.2) is 0 Å². The Labute approximate surface area is 166 Å². The van der Waals surface area contributed by atoms with E-state index >= 15 is 0 Å². The van der Waals surface area contributed by atoms with Crippen molar-refractivity contribution in [3.8, 4) is 0 Å². The van der Waals surface area contributed by atoms with Crippen molar-refractivity contribution in [2.75, 3.05) is 0 Å². The van der Waals surface area contributed by atoms with Gasteiger partial charge in [0.15, 0.2) is 5.78 Å². The Balaban J connectivity index is 1.75. The Morgan fingerprint density at radius 2 is 1.72 bits per heavy atom. The highest BCUT2D eigenvalue weighted by molar-refractivity contribution is 5.91. The van der Waals surface area contributed by atoms with Gasteiger partial charge in [0, 0.05) is 11.8 Å². The van der Waals surface area contributed by atoms with Crippen LogP contribution in [-0.2, 0) is 4.79 Å². The minimum Gasteiger partial charge on any atom is -0.393 e. The average molecular weight is 422 g/mol. The van der Waals surface area contributed by atoms with Gasteiger partial charge in [-0.2, -0.15) is 22.0 Å². The first-order valence-corrected chi connectivity index (χ1v) is 10.3. The highest BCUT2D eigenvalue weighted by atomic mass is 19.4. The van der Waals surface area contributed by atoms with E-state index in [2.05, 4.69) is 0 Å². The SMILES string of the molecule is C[C@]12CCC(=O)C=C1CC[C@@H]1[C@H]2C(O)C[C@@]2(C)[C@H]1CCC2(O)C(F)(F)C(F)(F)F. The molecule has 4 rings (SSSR count). The fraction of sp³-hybridized carbons (Fsp3) is 0.857. The van der Waals surface area contributed by atoms with E-state index < -0.39 is 47.0 Å². The van der Waals surface area contributed by atoms with Gasteiger partial charge in [0.2, 0.25) is 0 Å². The van der Waals surface area contributed by atoms with E-state index in [9.17, 15) is 37.0 Å². The summed E-state index contributed by atoms with van der Waals surface area (Å²) in [4.78, 5) is 11.9. The van der Waals surface area contributed by atoms with E-state index in [1.807, 2.05) is 6.92 Å². The van der Waals surface area contributed by atoms with Crippen molar-refractivity contribution in [1.29, 1.82) is 0 Å². The van der Waals surface area contributed by atoms with Crippen LogP contribution in [-0.4, -0.2) is 39.8 Å². The van der Waals surface area contributed by atoms with Crippen molar-refractivity contribution < 1.29 is 37.0 Å². The van der Waals surface area contributed by atoms with Crippen molar-refractivity contribution in [3.05, 3.63) is 11.6 Å². The molecule has 3 fully saturated rings. The molecule has 0 aromatic heterocycles. The molecule has 2 N–H and O–H groups in total. The van der Waals surface area contributed by atoms with Crippen LogP contribution in [0, 0.1) is 28.6 Å². The molecule has 2 unspecified atom stereocenters. The predicted octanol–water partition coefficient (Wildman–Crippen LogP) is 4.42. The minimum atomic E-state index is -5.86. The molecule has 0 bridgehead atoms. The second-order valence-electron chi connectivity index (χ2n) is 10.0. The number of carbonyl (C=O) groups is 1. The molecule has 0 aromatic carbocycles. The maximum atomic E-state index is 14.5. The number of alkyl halides is 5. The molecular formula is C21H27F5O3. The number of hydrogen-bond donors (Lipinski definition) is 2. The molecule has 0 aromatic rings. The van der Waals surface area contributed by atoms with Gasteiger partial charge in [-0.3, -0.25) is 4.79 Å². The van der Waals surface area contributed by atoms with E-state index in [1.165, 1.54) is 6.92 Å². The molecule has 3 nitrogen and oxygen atoms in total. The zero-order valence-electron chi connectivity index (χ0n) is 16.5. The lowest BCUT2D eigenvalue weighted by Gasteiger charge is -2.61. The van der Waals surface area contributed by atoms with Gasteiger partial charge in [0.05, 0.1) is 6.10 Å². The van der Waals surface area contributed by atoms with E-state index in [1.54, 1.807) is 6.08 Å². The monoisotopic (exact) mass is 422 g/mol. The van der Waals surface area contributed by atoms with Gasteiger partial charge in [-0.05, 0) is 67.8 Å². The summed E-state index contributed by atoms with van der Waals surface area (Å²) in [5.74, 6) is -6.33. The summed E-state index contributed by atoms with van der Waals surface area (Å²) in [5, 5.41) is 21.8. The largest absolute Gasteiger partial charge is 0.456 e. The molecule has 4 aliphatic rings. The molecule has 3 saturated carbocycles. The highest BCUT2D eigenvalue weighted by Crippen LogP contribution is 2.70. The van der Waals surface area contributed by atoms with Gasteiger partial charge in [-0.1, -0.05) is 19.4 Å². The number of fused-ring (bicyclic) bond motifs is 5. The van der Waals surface area contributed by atoms with Crippen LogP contribution < -0.4 is 0 Å². The molecule has 0 radical (unpaired) electrons. The lowest BCUT2D eigenvalue weighted by molar-refractivity contribution is -0.366. The molecular weight excluding hydrogens is 395 g/mol. The highest BCUT2D eigenvalue weighted by Gasteiger charge is 2.79. The van der Waals surface area contributed by atoms with Crippen LogP contribution in [0.25, 0.3) is 0 Å². The minimum absolute atomic E-state index is 0.0334. The van der Waals surface area contributed by atoms with E-state index in [0.717, 1.165) is 5.57 Å². The fourth-order valence-electron chi connectivity index (χ4n) is 7.44. The Morgan fingerprint density at radius 1 is 1.07 bits per heavy atom. The Bertz CT molecular complexity index is 762. The molecule has 164 valence electrons. The summed E-state index contributed by atoms with van der Waals surface area (Å²) in [7, 11) is 0. The van der Waals surface area contributed by atoms with Crippen molar-refractivity contribution in [2.24, 2.45) is 28.6 Å². The van der Waals surface area contributed by atoms with Gasteiger partial charge in [-0.15, -0.1) is 0 Å². The number of carbonyl (C=O) groups excluding carboxylic acids is 1. The first-order valence-electron chi connectivity index (χ1n) is 10.3. The van der Waals surface area contributed by atoms with Crippen LogP contribution in [0.1, 0.15) is 58.8 Å². The molecule has 0 heterocycles. The maximum absolute atomic E-state index is 14.5. The van der Waals surface area contributed by atoms with Crippen molar-refractivity contribution >= 4 is 5.78 Å². The lowest BCUT2D eigenvalue weighted by atomic mass is 9.45. The molecule has 0 amide bonds.